The normalized spacial score (nSPS) is 17.6. The average Bonchev–Trinajstić information content (AvgIpc) is 3.30. The van der Waals surface area contributed by atoms with Gasteiger partial charge in [0, 0.05) is 34.5 Å². The third-order valence-corrected chi connectivity index (χ3v) is 8.33. The molecule has 5 rings (SSSR count). The fourth-order valence-electron chi connectivity index (χ4n) is 4.69. The van der Waals surface area contributed by atoms with E-state index in [1.165, 1.54) is 5.57 Å². The van der Waals surface area contributed by atoms with Gasteiger partial charge < -0.3 is 14.7 Å². The molecule has 3 aromatic carbocycles. The molecule has 1 fully saturated rings. The van der Waals surface area contributed by atoms with Crippen molar-refractivity contribution in [2.45, 2.75) is 17.7 Å². The van der Waals surface area contributed by atoms with Crippen molar-refractivity contribution in [3.63, 3.8) is 0 Å². The van der Waals surface area contributed by atoms with Gasteiger partial charge in [0.05, 0.1) is 18.1 Å². The van der Waals surface area contributed by atoms with Crippen LogP contribution in [0, 0.1) is 0 Å². The molecular formula is C28H27BrN2O4S. The number of hydrogen-bond donors (Lipinski definition) is 2. The molecule has 0 saturated carbocycles. The molecule has 0 radical (unpaired) electrons. The van der Waals surface area contributed by atoms with Crippen molar-refractivity contribution in [2.75, 3.05) is 31.0 Å². The Labute approximate surface area is 220 Å². The van der Waals surface area contributed by atoms with E-state index in [4.69, 9.17) is 4.74 Å². The van der Waals surface area contributed by atoms with Gasteiger partial charge >= 0.3 is 0 Å². The number of aromatic hydroxyl groups is 1. The highest BCUT2D eigenvalue weighted by Gasteiger charge is 2.28. The third-order valence-electron chi connectivity index (χ3n) is 6.40. The molecule has 1 aliphatic heterocycles. The van der Waals surface area contributed by atoms with Gasteiger partial charge in [-0.3, -0.25) is 4.72 Å². The SMILES string of the molecule is O=S(=O)(Nc1ccc(O)c(C2=C(N3CCOCC3)/C(=C/c3ccc(Br)cc3)CC2)c1)c1ccccc1. The third kappa shape index (κ3) is 5.36. The van der Waals surface area contributed by atoms with Crippen LogP contribution in [-0.4, -0.2) is 44.7 Å². The molecule has 0 bridgehead atoms. The number of phenols is 1. The zero-order chi connectivity index (χ0) is 25.1. The summed E-state index contributed by atoms with van der Waals surface area (Å²) in [6, 6.07) is 21.3. The second-order valence-electron chi connectivity index (χ2n) is 8.80. The Morgan fingerprint density at radius 1 is 0.944 bits per heavy atom. The molecule has 8 heteroatoms. The lowest BCUT2D eigenvalue weighted by Crippen LogP contribution is -2.36. The van der Waals surface area contributed by atoms with Gasteiger partial charge in [-0.25, -0.2) is 8.42 Å². The Morgan fingerprint density at radius 3 is 2.39 bits per heavy atom. The number of nitrogens with one attached hydrogen (secondary N) is 1. The molecule has 1 aliphatic carbocycles. The lowest BCUT2D eigenvalue weighted by atomic mass is 10.0. The topological polar surface area (TPSA) is 78.9 Å². The Balaban J connectivity index is 1.55. The number of sulfonamides is 1. The summed E-state index contributed by atoms with van der Waals surface area (Å²) in [5.74, 6) is 0.128. The number of nitrogens with zero attached hydrogens (tertiary/aromatic N) is 1. The van der Waals surface area contributed by atoms with Crippen LogP contribution in [0.2, 0.25) is 0 Å². The van der Waals surface area contributed by atoms with Crippen LogP contribution in [0.4, 0.5) is 5.69 Å². The highest BCUT2D eigenvalue weighted by Crippen LogP contribution is 2.44. The number of allylic oxidation sites excluding steroid dienone is 2. The van der Waals surface area contributed by atoms with E-state index in [-0.39, 0.29) is 10.6 Å². The van der Waals surface area contributed by atoms with Crippen LogP contribution in [0.25, 0.3) is 11.6 Å². The zero-order valence-electron chi connectivity index (χ0n) is 19.7. The molecule has 0 aromatic heterocycles. The number of ether oxygens (including phenoxy) is 1. The molecule has 36 heavy (non-hydrogen) atoms. The predicted molar refractivity (Wildman–Crippen MR) is 146 cm³/mol. The minimum atomic E-state index is -3.75. The van der Waals surface area contributed by atoms with E-state index in [2.05, 4.69) is 43.8 Å². The maximum absolute atomic E-state index is 12.9. The minimum Gasteiger partial charge on any atom is -0.507 e. The summed E-state index contributed by atoms with van der Waals surface area (Å²) in [5, 5.41) is 10.9. The Kier molecular flexibility index (Phi) is 7.18. The molecule has 2 N–H and O–H groups in total. The summed E-state index contributed by atoms with van der Waals surface area (Å²) in [5.41, 5.74) is 5.46. The number of hydrogen-bond acceptors (Lipinski definition) is 5. The molecule has 2 aliphatic rings. The van der Waals surface area contributed by atoms with E-state index < -0.39 is 10.0 Å². The van der Waals surface area contributed by atoms with Crippen LogP contribution in [-0.2, 0) is 14.8 Å². The van der Waals surface area contributed by atoms with Gasteiger partial charge in [0.25, 0.3) is 10.0 Å². The number of benzene rings is 3. The summed E-state index contributed by atoms with van der Waals surface area (Å²) in [6.07, 6.45) is 3.78. The molecule has 186 valence electrons. The van der Waals surface area contributed by atoms with Crippen LogP contribution >= 0.6 is 15.9 Å². The molecule has 0 amide bonds. The van der Waals surface area contributed by atoms with Crippen molar-refractivity contribution in [3.8, 4) is 5.75 Å². The molecule has 3 aromatic rings. The first kappa shape index (κ1) is 24.6. The molecule has 0 atom stereocenters. The monoisotopic (exact) mass is 566 g/mol. The first-order chi connectivity index (χ1) is 17.4. The van der Waals surface area contributed by atoms with E-state index in [0.29, 0.717) is 24.5 Å². The van der Waals surface area contributed by atoms with Crippen molar-refractivity contribution in [1.82, 2.24) is 4.90 Å². The van der Waals surface area contributed by atoms with Crippen LogP contribution in [0.5, 0.6) is 5.75 Å². The van der Waals surface area contributed by atoms with Crippen molar-refractivity contribution >= 4 is 43.3 Å². The largest absolute Gasteiger partial charge is 0.507 e. The van der Waals surface area contributed by atoms with Crippen molar-refractivity contribution in [3.05, 3.63) is 99.7 Å². The fourth-order valence-corrected chi connectivity index (χ4v) is 6.02. The van der Waals surface area contributed by atoms with E-state index >= 15 is 0 Å². The van der Waals surface area contributed by atoms with Crippen molar-refractivity contribution < 1.29 is 18.3 Å². The lowest BCUT2D eigenvalue weighted by molar-refractivity contribution is 0.0553. The predicted octanol–water partition coefficient (Wildman–Crippen LogP) is 5.88. The number of phenolic OH excluding ortho intramolecular Hbond substituents is 1. The van der Waals surface area contributed by atoms with Crippen LogP contribution in [0.15, 0.2) is 93.4 Å². The number of morpholine rings is 1. The van der Waals surface area contributed by atoms with Gasteiger partial charge in [-0.15, -0.1) is 0 Å². The average molecular weight is 568 g/mol. The quantitative estimate of drug-likeness (QED) is 0.364. The Hall–Kier alpha value is -3.07. The smallest absolute Gasteiger partial charge is 0.261 e. The van der Waals surface area contributed by atoms with Crippen LogP contribution in [0.1, 0.15) is 24.0 Å². The zero-order valence-corrected chi connectivity index (χ0v) is 22.1. The highest BCUT2D eigenvalue weighted by molar-refractivity contribution is 9.10. The summed E-state index contributed by atoms with van der Waals surface area (Å²) in [6.45, 7) is 2.81. The van der Waals surface area contributed by atoms with Crippen molar-refractivity contribution in [1.29, 1.82) is 0 Å². The molecular weight excluding hydrogens is 540 g/mol. The van der Waals surface area contributed by atoms with Gasteiger partial charge in [0.1, 0.15) is 5.75 Å². The Bertz CT molecular complexity index is 1410. The van der Waals surface area contributed by atoms with Gasteiger partial charge in [0.2, 0.25) is 0 Å². The maximum Gasteiger partial charge on any atom is 0.261 e. The van der Waals surface area contributed by atoms with E-state index in [0.717, 1.165) is 47.2 Å². The van der Waals surface area contributed by atoms with Crippen LogP contribution < -0.4 is 4.72 Å². The Morgan fingerprint density at radius 2 is 1.67 bits per heavy atom. The standard InChI is InChI=1S/C28H27BrN2O4S/c29-22-9-6-20(7-10-22)18-21-8-12-25(28(21)31-14-16-35-17-15-31)26-19-23(11-13-27(26)32)30-36(33,34)24-4-2-1-3-5-24/h1-7,9-11,13,18-19,30,32H,8,12,14-17H2/b21-18+. The molecule has 0 spiro atoms. The molecule has 0 unspecified atom stereocenters. The lowest BCUT2D eigenvalue weighted by Gasteiger charge is -2.32. The molecule has 6 nitrogen and oxygen atoms in total. The summed E-state index contributed by atoms with van der Waals surface area (Å²) in [4.78, 5) is 2.50. The first-order valence-electron chi connectivity index (χ1n) is 11.8. The van der Waals surface area contributed by atoms with E-state index in [9.17, 15) is 13.5 Å². The number of halogens is 1. The fraction of sp³-hybridized carbons (Fsp3) is 0.214. The summed E-state index contributed by atoms with van der Waals surface area (Å²) < 4.78 is 35.1. The summed E-state index contributed by atoms with van der Waals surface area (Å²) in [7, 11) is -3.75. The number of anilines is 1. The maximum atomic E-state index is 12.9. The van der Waals surface area contributed by atoms with Gasteiger partial charge in [-0.2, -0.15) is 0 Å². The first-order valence-corrected chi connectivity index (χ1v) is 14.1. The molecule has 1 heterocycles. The number of rotatable bonds is 6. The minimum absolute atomic E-state index is 0.128. The second-order valence-corrected chi connectivity index (χ2v) is 11.4. The van der Waals surface area contributed by atoms with Crippen LogP contribution in [0.3, 0.4) is 0 Å². The molecule has 1 saturated heterocycles. The van der Waals surface area contributed by atoms with Crippen molar-refractivity contribution in [2.24, 2.45) is 0 Å². The van der Waals surface area contributed by atoms with E-state index in [1.54, 1.807) is 48.5 Å². The van der Waals surface area contributed by atoms with E-state index in [1.807, 2.05) is 12.1 Å². The van der Waals surface area contributed by atoms with Gasteiger partial charge in [0.15, 0.2) is 0 Å². The van der Waals surface area contributed by atoms with Gasteiger partial charge in [-0.05, 0) is 78.1 Å². The second kappa shape index (κ2) is 10.5. The summed E-state index contributed by atoms with van der Waals surface area (Å²) >= 11 is 3.49. The highest BCUT2D eigenvalue weighted by atomic mass is 79.9. The van der Waals surface area contributed by atoms with Gasteiger partial charge in [-0.1, -0.05) is 46.3 Å².